The Morgan fingerprint density at radius 3 is 2.26 bits per heavy atom. The molecular weight excluding hydrogens is 262 g/mol. The largest absolute Gasteiger partial charge is 0.392 e. The fourth-order valence-corrected chi connectivity index (χ4v) is 2.60. The molecule has 1 rings (SSSR count). The molecule has 0 aromatic heterocycles. The number of nitrogens with two attached hydrogens (primary N) is 1. The number of nitrogens with zero attached hydrogens (tertiary/aromatic N) is 1. The van der Waals surface area contributed by atoms with Gasteiger partial charge in [-0.15, -0.1) is 0 Å². The molecule has 5 nitrogen and oxygen atoms in total. The lowest BCUT2D eigenvalue weighted by Gasteiger charge is -2.39. The van der Waals surface area contributed by atoms with E-state index < -0.39 is 5.41 Å². The minimum Gasteiger partial charge on any atom is -0.392 e. The van der Waals surface area contributed by atoms with Crippen molar-refractivity contribution in [2.75, 3.05) is 19.6 Å². The van der Waals surface area contributed by atoms with Gasteiger partial charge in [0.15, 0.2) is 0 Å². The monoisotopic (exact) mass is 285 g/mol. The van der Waals surface area contributed by atoms with E-state index in [1.807, 2.05) is 13.8 Å². The predicted octanol–water partition coefficient (Wildman–Crippen LogP) is 0.818. The molecule has 1 fully saturated rings. The summed E-state index contributed by atoms with van der Waals surface area (Å²) in [5.74, 6) is -0.0677. The molecule has 108 valence electrons. The highest BCUT2D eigenvalue weighted by atomic mass is 32.1. The van der Waals surface area contributed by atoms with E-state index in [1.54, 1.807) is 4.90 Å². The van der Waals surface area contributed by atoms with Crippen LogP contribution in [0.4, 0.5) is 0 Å². The molecule has 19 heavy (non-hydrogen) atoms. The normalized spacial score (nSPS) is 16.3. The van der Waals surface area contributed by atoms with E-state index in [2.05, 4.69) is 5.32 Å². The topological polar surface area (TPSA) is 75.4 Å². The molecule has 0 spiro atoms. The van der Waals surface area contributed by atoms with Crippen LogP contribution in [-0.2, 0) is 9.59 Å². The molecule has 1 aliphatic rings. The Balaban J connectivity index is 2.39. The van der Waals surface area contributed by atoms with Gasteiger partial charge in [0.1, 0.15) is 0 Å². The summed E-state index contributed by atoms with van der Waals surface area (Å²) in [7, 11) is 0. The third kappa shape index (κ3) is 3.43. The van der Waals surface area contributed by atoms with Crippen molar-refractivity contribution in [1.82, 2.24) is 10.2 Å². The molecule has 0 saturated heterocycles. The first-order valence-corrected chi connectivity index (χ1v) is 7.24. The van der Waals surface area contributed by atoms with Crippen LogP contribution in [-0.4, -0.2) is 41.3 Å². The molecule has 0 heterocycles. The van der Waals surface area contributed by atoms with Gasteiger partial charge in [0.2, 0.25) is 11.8 Å². The van der Waals surface area contributed by atoms with Gasteiger partial charge in [-0.2, -0.15) is 0 Å². The Hall–Kier alpha value is -1.17. The summed E-state index contributed by atoms with van der Waals surface area (Å²) < 4.78 is 0. The van der Waals surface area contributed by atoms with Crippen molar-refractivity contribution < 1.29 is 9.59 Å². The smallest absolute Gasteiger partial charge is 0.233 e. The molecule has 0 bridgehead atoms. The molecule has 0 atom stereocenters. The zero-order valence-corrected chi connectivity index (χ0v) is 12.5. The molecular formula is C13H23N3O2S. The number of carbonyl (C=O) groups excluding carboxylic acids is 2. The molecule has 1 aliphatic carbocycles. The van der Waals surface area contributed by atoms with Crippen molar-refractivity contribution in [1.29, 1.82) is 0 Å². The summed E-state index contributed by atoms with van der Waals surface area (Å²) in [6.07, 6.45) is 2.74. The first-order valence-electron chi connectivity index (χ1n) is 6.84. The third-order valence-electron chi connectivity index (χ3n) is 3.85. The second-order valence-corrected chi connectivity index (χ2v) is 5.31. The lowest BCUT2D eigenvalue weighted by atomic mass is 9.68. The van der Waals surface area contributed by atoms with Crippen LogP contribution < -0.4 is 11.1 Å². The molecule has 3 N–H and O–H groups in total. The predicted molar refractivity (Wildman–Crippen MR) is 78.6 cm³/mol. The molecule has 0 aromatic carbocycles. The fourth-order valence-electron chi connectivity index (χ4n) is 2.30. The number of thiocarbonyl (C=S) groups is 1. The molecule has 1 saturated carbocycles. The van der Waals surface area contributed by atoms with E-state index >= 15 is 0 Å². The number of rotatable bonds is 7. The summed E-state index contributed by atoms with van der Waals surface area (Å²) in [6.45, 7) is 5.62. The molecule has 0 aromatic rings. The Bertz CT molecular complexity index is 363. The third-order valence-corrected chi connectivity index (χ3v) is 4.24. The average Bonchev–Trinajstić information content (AvgIpc) is 2.28. The van der Waals surface area contributed by atoms with Crippen molar-refractivity contribution in [2.45, 2.75) is 39.5 Å². The van der Waals surface area contributed by atoms with Crippen molar-refractivity contribution in [2.24, 2.45) is 11.1 Å². The van der Waals surface area contributed by atoms with Gasteiger partial charge in [0.25, 0.3) is 0 Å². The van der Waals surface area contributed by atoms with E-state index in [-0.39, 0.29) is 16.8 Å². The number of amides is 2. The number of hydrogen-bond acceptors (Lipinski definition) is 3. The van der Waals surface area contributed by atoms with Crippen LogP contribution in [0, 0.1) is 5.41 Å². The van der Waals surface area contributed by atoms with Crippen molar-refractivity contribution in [3.05, 3.63) is 0 Å². The molecule has 6 heteroatoms. The molecule has 2 amide bonds. The van der Waals surface area contributed by atoms with Crippen LogP contribution in [0.1, 0.15) is 39.5 Å². The highest BCUT2D eigenvalue weighted by Crippen LogP contribution is 2.41. The minimum atomic E-state index is -0.659. The zero-order valence-electron chi connectivity index (χ0n) is 11.7. The van der Waals surface area contributed by atoms with Gasteiger partial charge in [-0.25, -0.2) is 0 Å². The minimum absolute atomic E-state index is 0.0586. The Morgan fingerprint density at radius 1 is 1.32 bits per heavy atom. The second kappa shape index (κ2) is 6.84. The van der Waals surface area contributed by atoms with Gasteiger partial charge < -0.3 is 16.0 Å². The van der Waals surface area contributed by atoms with E-state index in [9.17, 15) is 9.59 Å². The van der Waals surface area contributed by atoms with Gasteiger partial charge in [0, 0.05) is 26.1 Å². The van der Waals surface area contributed by atoms with Crippen LogP contribution >= 0.6 is 12.2 Å². The maximum atomic E-state index is 12.1. The van der Waals surface area contributed by atoms with Crippen molar-refractivity contribution in [3.8, 4) is 0 Å². The van der Waals surface area contributed by atoms with E-state index in [4.69, 9.17) is 18.0 Å². The van der Waals surface area contributed by atoms with Crippen LogP contribution in [0.25, 0.3) is 0 Å². The second-order valence-electron chi connectivity index (χ2n) is 4.87. The number of hydrogen-bond donors (Lipinski definition) is 2. The molecule has 0 unspecified atom stereocenters. The first-order chi connectivity index (χ1) is 8.97. The fraction of sp³-hybridized carbons (Fsp3) is 0.769. The highest BCUT2D eigenvalue weighted by Gasteiger charge is 2.46. The van der Waals surface area contributed by atoms with Crippen LogP contribution in [0.3, 0.4) is 0 Å². The van der Waals surface area contributed by atoms with Gasteiger partial charge in [-0.3, -0.25) is 9.59 Å². The zero-order chi connectivity index (χ0) is 14.5. The Labute approximate surface area is 119 Å². The number of nitrogens with one attached hydrogen (secondary N) is 1. The summed E-state index contributed by atoms with van der Waals surface area (Å²) in [6, 6.07) is 0. The lowest BCUT2D eigenvalue weighted by molar-refractivity contribution is -0.132. The van der Waals surface area contributed by atoms with Crippen molar-refractivity contribution >= 4 is 29.0 Å². The lowest BCUT2D eigenvalue weighted by Crippen LogP contribution is -2.53. The Morgan fingerprint density at radius 2 is 1.89 bits per heavy atom. The van der Waals surface area contributed by atoms with Crippen LogP contribution in [0.2, 0.25) is 0 Å². The molecule has 0 aliphatic heterocycles. The molecule has 0 radical (unpaired) electrons. The SMILES string of the molecule is CCN(CC)C(=O)CCNC(=O)C1(C(N)=S)CCC1. The summed E-state index contributed by atoms with van der Waals surface area (Å²) in [5, 5.41) is 2.79. The highest BCUT2D eigenvalue weighted by molar-refractivity contribution is 7.80. The summed E-state index contributed by atoms with van der Waals surface area (Å²) in [4.78, 5) is 25.9. The van der Waals surface area contributed by atoms with Crippen LogP contribution in [0.15, 0.2) is 0 Å². The van der Waals surface area contributed by atoms with Gasteiger partial charge in [-0.1, -0.05) is 18.6 Å². The van der Waals surface area contributed by atoms with Gasteiger partial charge in [0.05, 0.1) is 10.4 Å². The summed E-state index contributed by atoms with van der Waals surface area (Å²) >= 11 is 4.98. The van der Waals surface area contributed by atoms with E-state index in [0.29, 0.717) is 26.1 Å². The van der Waals surface area contributed by atoms with E-state index in [1.165, 1.54) is 0 Å². The standard InChI is InChI=1S/C13H23N3O2S/c1-3-16(4-2)10(17)6-9-15-12(18)13(11(14)19)7-5-8-13/h3-9H2,1-2H3,(H2,14,19)(H,15,18). The van der Waals surface area contributed by atoms with E-state index in [0.717, 1.165) is 19.3 Å². The quantitative estimate of drug-likeness (QED) is 0.679. The summed E-state index contributed by atoms with van der Waals surface area (Å²) in [5.41, 5.74) is 4.99. The average molecular weight is 285 g/mol. The van der Waals surface area contributed by atoms with Crippen LogP contribution in [0.5, 0.6) is 0 Å². The maximum Gasteiger partial charge on any atom is 0.233 e. The van der Waals surface area contributed by atoms with Gasteiger partial charge in [-0.05, 0) is 26.7 Å². The first kappa shape index (κ1) is 15.9. The van der Waals surface area contributed by atoms with Crippen molar-refractivity contribution in [3.63, 3.8) is 0 Å². The maximum absolute atomic E-state index is 12.1. The Kier molecular flexibility index (Phi) is 5.72. The van der Waals surface area contributed by atoms with Gasteiger partial charge >= 0.3 is 0 Å². The number of carbonyl (C=O) groups is 2.